The molecule has 0 aliphatic carbocycles. The Morgan fingerprint density at radius 2 is 0.630 bits per heavy atom. The quantitative estimate of drug-likeness (QED) is 0.0222. The highest BCUT2D eigenvalue weighted by atomic mass is 31.2. The standard InChI is InChI=1S/C62H120O17P2/c1-7-10-12-14-15-16-23-26-34-40-46-61(66)78-57(50-72-59(64)44-38-30-13-11-8-2)52-76-80(68,69)74-48-56(63)49-75-81(70,71)77-53-58(51-73-60(65)45-39-33-29-28-32-37-43-55(6)9-3)79-62(67)47-41-35-27-24-21-19-17-18-20-22-25-31-36-42-54(4)5/h54-58,63H,7-53H2,1-6H3,(H,68,69)(H,70,71)/t55?,56-,57+,58+/m0/s1. The van der Waals surface area contributed by atoms with Crippen LogP contribution < -0.4 is 0 Å². The van der Waals surface area contributed by atoms with Gasteiger partial charge in [-0.05, 0) is 37.5 Å². The molecule has 0 spiro atoms. The number of esters is 4. The topological polar surface area (TPSA) is 237 Å². The molecule has 480 valence electrons. The molecule has 0 aromatic rings. The number of aliphatic hydroxyl groups excluding tert-OH is 1. The van der Waals surface area contributed by atoms with Crippen LogP contribution >= 0.6 is 15.6 Å². The third kappa shape index (κ3) is 55.7. The van der Waals surface area contributed by atoms with Gasteiger partial charge in [-0.2, -0.15) is 0 Å². The molecule has 0 aromatic carbocycles. The summed E-state index contributed by atoms with van der Waals surface area (Å²) in [5.74, 6) is -0.631. The second-order valence-electron chi connectivity index (χ2n) is 23.2. The fourth-order valence-electron chi connectivity index (χ4n) is 9.15. The molecule has 19 heteroatoms. The van der Waals surface area contributed by atoms with Crippen LogP contribution in [0.15, 0.2) is 0 Å². The summed E-state index contributed by atoms with van der Waals surface area (Å²) >= 11 is 0. The van der Waals surface area contributed by atoms with E-state index in [0.29, 0.717) is 25.7 Å². The van der Waals surface area contributed by atoms with Crippen molar-refractivity contribution in [2.24, 2.45) is 11.8 Å². The van der Waals surface area contributed by atoms with Crippen LogP contribution in [0.25, 0.3) is 0 Å². The van der Waals surface area contributed by atoms with Crippen LogP contribution in [0.2, 0.25) is 0 Å². The fourth-order valence-corrected chi connectivity index (χ4v) is 10.7. The maximum atomic E-state index is 12.9. The lowest BCUT2D eigenvalue weighted by molar-refractivity contribution is -0.161. The van der Waals surface area contributed by atoms with Crippen molar-refractivity contribution in [3.63, 3.8) is 0 Å². The summed E-state index contributed by atoms with van der Waals surface area (Å²) in [4.78, 5) is 71.8. The van der Waals surface area contributed by atoms with Crippen LogP contribution in [0.5, 0.6) is 0 Å². The number of rotatable bonds is 61. The maximum Gasteiger partial charge on any atom is 0.472 e. The second-order valence-corrected chi connectivity index (χ2v) is 26.1. The molecule has 81 heavy (non-hydrogen) atoms. The zero-order chi connectivity index (χ0) is 60.1. The lowest BCUT2D eigenvalue weighted by Gasteiger charge is -2.21. The van der Waals surface area contributed by atoms with Gasteiger partial charge in [0.05, 0.1) is 26.4 Å². The van der Waals surface area contributed by atoms with Crippen molar-refractivity contribution in [3.05, 3.63) is 0 Å². The van der Waals surface area contributed by atoms with E-state index in [9.17, 15) is 43.2 Å². The molecule has 3 unspecified atom stereocenters. The number of phosphoric acid groups is 2. The highest BCUT2D eigenvalue weighted by molar-refractivity contribution is 7.47. The van der Waals surface area contributed by atoms with Gasteiger partial charge in [0.1, 0.15) is 19.3 Å². The monoisotopic (exact) mass is 1200 g/mol. The number of aliphatic hydroxyl groups is 1. The minimum atomic E-state index is -4.94. The van der Waals surface area contributed by atoms with Gasteiger partial charge in [-0.1, -0.05) is 253 Å². The second kappa shape index (κ2) is 54.7. The molecule has 0 heterocycles. The molecule has 0 fully saturated rings. The first-order chi connectivity index (χ1) is 38.9. The summed E-state index contributed by atoms with van der Waals surface area (Å²) < 4.78 is 67.7. The molecule has 0 aliphatic heterocycles. The van der Waals surface area contributed by atoms with E-state index in [2.05, 4.69) is 41.5 Å². The third-order valence-electron chi connectivity index (χ3n) is 14.6. The average molecular weight is 1200 g/mol. The zero-order valence-corrected chi connectivity index (χ0v) is 53.9. The Morgan fingerprint density at radius 1 is 0.358 bits per heavy atom. The van der Waals surface area contributed by atoms with Gasteiger partial charge in [0, 0.05) is 25.7 Å². The Labute approximate surface area is 492 Å². The van der Waals surface area contributed by atoms with Gasteiger partial charge < -0.3 is 33.8 Å². The van der Waals surface area contributed by atoms with Crippen molar-refractivity contribution in [1.29, 1.82) is 0 Å². The molecule has 0 amide bonds. The van der Waals surface area contributed by atoms with Gasteiger partial charge in [-0.25, -0.2) is 9.13 Å². The SMILES string of the molecule is CCCCCCCCCCCCC(=O)O[C@H](COC(=O)CCCCCCC)COP(=O)(O)OC[C@H](O)COP(=O)(O)OC[C@@H](COC(=O)CCCCCCCCC(C)CC)OC(=O)CCCCCCCCCCCCCCCC(C)C. The summed E-state index contributed by atoms with van der Waals surface area (Å²) in [6.45, 7) is 9.36. The summed E-state index contributed by atoms with van der Waals surface area (Å²) in [6, 6.07) is 0. The molecule has 0 aromatic heterocycles. The molecule has 0 saturated carbocycles. The van der Waals surface area contributed by atoms with Gasteiger partial charge >= 0.3 is 39.5 Å². The molecule has 0 aliphatic rings. The minimum absolute atomic E-state index is 0.105. The van der Waals surface area contributed by atoms with Crippen molar-refractivity contribution >= 4 is 39.5 Å². The Balaban J connectivity index is 5.16. The van der Waals surface area contributed by atoms with Gasteiger partial charge in [-0.3, -0.25) is 37.3 Å². The van der Waals surface area contributed by atoms with Gasteiger partial charge in [-0.15, -0.1) is 0 Å². The first-order valence-electron chi connectivity index (χ1n) is 32.5. The number of ether oxygens (including phenoxy) is 4. The summed E-state index contributed by atoms with van der Waals surface area (Å²) in [5.41, 5.74) is 0. The number of hydrogen-bond donors (Lipinski definition) is 3. The predicted octanol–water partition coefficient (Wildman–Crippen LogP) is 16.9. The normalized spacial score (nSPS) is 14.7. The average Bonchev–Trinajstić information content (AvgIpc) is 3.43. The number of unbranched alkanes of at least 4 members (excludes halogenated alkanes) is 30. The summed E-state index contributed by atoms with van der Waals surface area (Å²) in [5, 5.41) is 10.5. The van der Waals surface area contributed by atoms with Crippen LogP contribution in [0.3, 0.4) is 0 Å². The van der Waals surface area contributed by atoms with Crippen molar-refractivity contribution in [3.8, 4) is 0 Å². The molecule has 0 rings (SSSR count). The lowest BCUT2D eigenvalue weighted by atomic mass is 10.00. The summed E-state index contributed by atoms with van der Waals surface area (Å²) in [7, 11) is -9.87. The maximum absolute atomic E-state index is 12.9. The molecule has 3 N–H and O–H groups in total. The molecular weight excluding hydrogens is 1080 g/mol. The molecule has 0 radical (unpaired) electrons. The molecule has 0 bridgehead atoms. The number of carbonyl (C=O) groups excluding carboxylic acids is 4. The van der Waals surface area contributed by atoms with Crippen LogP contribution in [-0.2, 0) is 65.4 Å². The molecule has 6 atom stereocenters. The number of carbonyl (C=O) groups is 4. The van der Waals surface area contributed by atoms with Crippen molar-refractivity contribution in [1.82, 2.24) is 0 Å². The largest absolute Gasteiger partial charge is 0.472 e. The first-order valence-corrected chi connectivity index (χ1v) is 35.5. The van der Waals surface area contributed by atoms with Crippen LogP contribution in [-0.4, -0.2) is 96.7 Å². The molecule has 0 saturated heterocycles. The van der Waals surface area contributed by atoms with Crippen LogP contribution in [0, 0.1) is 11.8 Å². The zero-order valence-electron chi connectivity index (χ0n) is 52.1. The fraction of sp³-hybridized carbons (Fsp3) is 0.935. The molecular formula is C62H120O17P2. The van der Waals surface area contributed by atoms with E-state index in [0.717, 1.165) is 115 Å². The van der Waals surface area contributed by atoms with E-state index < -0.39 is 97.5 Å². The lowest BCUT2D eigenvalue weighted by Crippen LogP contribution is -2.30. The Hall–Kier alpha value is -1.94. The number of phosphoric ester groups is 2. The molecule has 17 nitrogen and oxygen atoms in total. The highest BCUT2D eigenvalue weighted by Gasteiger charge is 2.30. The van der Waals surface area contributed by atoms with Gasteiger partial charge in [0.25, 0.3) is 0 Å². The van der Waals surface area contributed by atoms with Gasteiger partial charge in [0.15, 0.2) is 12.2 Å². The van der Waals surface area contributed by atoms with E-state index in [1.54, 1.807) is 0 Å². The first kappa shape index (κ1) is 79.1. The highest BCUT2D eigenvalue weighted by Crippen LogP contribution is 2.45. The van der Waals surface area contributed by atoms with Crippen LogP contribution in [0.1, 0.15) is 305 Å². The van der Waals surface area contributed by atoms with E-state index >= 15 is 0 Å². The third-order valence-corrected chi connectivity index (χ3v) is 16.5. The van der Waals surface area contributed by atoms with E-state index in [1.807, 2.05) is 0 Å². The Kier molecular flexibility index (Phi) is 53.4. The van der Waals surface area contributed by atoms with E-state index in [-0.39, 0.29) is 25.7 Å². The Bertz CT molecular complexity index is 1600. The Morgan fingerprint density at radius 3 is 0.938 bits per heavy atom. The van der Waals surface area contributed by atoms with Crippen molar-refractivity contribution in [2.75, 3.05) is 39.6 Å². The smallest absolute Gasteiger partial charge is 0.462 e. The van der Waals surface area contributed by atoms with Gasteiger partial charge in [0.2, 0.25) is 0 Å². The van der Waals surface area contributed by atoms with Crippen molar-refractivity contribution in [2.45, 2.75) is 323 Å². The van der Waals surface area contributed by atoms with Crippen LogP contribution in [0.4, 0.5) is 0 Å². The van der Waals surface area contributed by atoms with E-state index in [4.69, 9.17) is 37.0 Å². The number of hydrogen-bond acceptors (Lipinski definition) is 15. The minimum Gasteiger partial charge on any atom is -0.462 e. The predicted molar refractivity (Wildman–Crippen MR) is 321 cm³/mol. The van der Waals surface area contributed by atoms with Crippen molar-refractivity contribution < 1.29 is 80.2 Å². The summed E-state index contributed by atoms with van der Waals surface area (Å²) in [6.07, 6.45) is 36.5. The van der Waals surface area contributed by atoms with E-state index in [1.165, 1.54) is 109 Å².